The summed E-state index contributed by atoms with van der Waals surface area (Å²) in [6.07, 6.45) is 0.942. The molecule has 0 saturated carbocycles. The second-order valence-corrected chi connectivity index (χ2v) is 2.31. The van der Waals surface area contributed by atoms with Gasteiger partial charge in [-0.15, -0.1) is 0 Å². The number of benzene rings is 1. The van der Waals surface area contributed by atoms with Crippen LogP contribution in [0, 0.1) is 0 Å². The zero-order chi connectivity index (χ0) is 7.94. The summed E-state index contributed by atoms with van der Waals surface area (Å²) < 4.78 is 5.02. The summed E-state index contributed by atoms with van der Waals surface area (Å²) in [4.78, 5) is 0. The van der Waals surface area contributed by atoms with E-state index in [4.69, 9.17) is 10.5 Å². The van der Waals surface area contributed by atoms with Gasteiger partial charge in [0, 0.05) is 0 Å². The van der Waals surface area contributed by atoms with Crippen LogP contribution in [0.5, 0.6) is 0 Å². The third kappa shape index (κ3) is 3.16. The van der Waals surface area contributed by atoms with Gasteiger partial charge >= 0.3 is 0 Å². The van der Waals surface area contributed by atoms with Crippen LogP contribution in [0.15, 0.2) is 30.3 Å². The van der Waals surface area contributed by atoms with Crippen molar-refractivity contribution in [1.82, 2.24) is 0 Å². The minimum absolute atomic E-state index is 0.312. The molecule has 2 heteroatoms. The zero-order valence-corrected chi connectivity index (χ0v) is 6.49. The van der Waals surface area contributed by atoms with E-state index in [1.807, 2.05) is 18.2 Å². The van der Waals surface area contributed by atoms with E-state index in [1.165, 1.54) is 5.56 Å². The lowest BCUT2D eigenvalue weighted by Crippen LogP contribution is -2.07. The highest BCUT2D eigenvalue weighted by Crippen LogP contribution is 1.98. The smallest absolute Gasteiger partial charge is 0.0940 e. The number of rotatable bonds is 4. The van der Waals surface area contributed by atoms with Crippen molar-refractivity contribution in [2.45, 2.75) is 6.42 Å². The summed E-state index contributed by atoms with van der Waals surface area (Å²) in [6.45, 7) is 1.02. The Morgan fingerprint density at radius 1 is 1.18 bits per heavy atom. The summed E-state index contributed by atoms with van der Waals surface area (Å²) in [6, 6.07) is 10.2. The van der Waals surface area contributed by atoms with Gasteiger partial charge in [0.25, 0.3) is 0 Å². The van der Waals surface area contributed by atoms with Gasteiger partial charge in [-0.25, -0.2) is 0 Å². The summed E-state index contributed by atoms with van der Waals surface area (Å²) in [7, 11) is 0. The van der Waals surface area contributed by atoms with Crippen LogP contribution in [0.1, 0.15) is 5.56 Å². The molecule has 2 nitrogen and oxygen atoms in total. The second-order valence-electron chi connectivity index (χ2n) is 2.31. The molecule has 0 heterocycles. The Hall–Kier alpha value is -0.860. The van der Waals surface area contributed by atoms with E-state index in [2.05, 4.69) is 12.1 Å². The van der Waals surface area contributed by atoms with Crippen LogP contribution in [0.4, 0.5) is 0 Å². The number of nitrogens with two attached hydrogens (primary N) is 1. The predicted molar refractivity (Wildman–Crippen MR) is 45.2 cm³/mol. The quantitative estimate of drug-likeness (QED) is 0.517. The fraction of sp³-hybridized carbons (Fsp3) is 0.333. The van der Waals surface area contributed by atoms with E-state index in [9.17, 15) is 0 Å². The molecule has 1 rings (SSSR count). The summed E-state index contributed by atoms with van der Waals surface area (Å²) in [5.41, 5.74) is 6.46. The Labute approximate surface area is 67.0 Å². The van der Waals surface area contributed by atoms with Gasteiger partial charge in [0.05, 0.1) is 13.3 Å². The first kappa shape index (κ1) is 8.24. The number of hydrogen-bond acceptors (Lipinski definition) is 2. The molecule has 60 valence electrons. The van der Waals surface area contributed by atoms with Crippen LogP contribution in [0.2, 0.25) is 0 Å². The Morgan fingerprint density at radius 3 is 2.55 bits per heavy atom. The molecule has 0 bridgehead atoms. The third-order valence-corrected chi connectivity index (χ3v) is 1.50. The van der Waals surface area contributed by atoms with Crippen molar-refractivity contribution < 1.29 is 4.74 Å². The van der Waals surface area contributed by atoms with Gasteiger partial charge in [-0.2, -0.15) is 0 Å². The van der Waals surface area contributed by atoms with Crippen LogP contribution in [-0.2, 0) is 11.2 Å². The second kappa shape index (κ2) is 4.88. The molecular weight excluding hydrogens is 138 g/mol. The molecule has 0 aliphatic heterocycles. The Balaban J connectivity index is 2.28. The van der Waals surface area contributed by atoms with Gasteiger partial charge in [0.15, 0.2) is 0 Å². The SMILES string of the molecule is NCOCCc1ccccc1. The summed E-state index contributed by atoms with van der Waals surface area (Å²) in [5.74, 6) is 0. The average Bonchev–Trinajstić information content (AvgIpc) is 2.07. The lowest BCUT2D eigenvalue weighted by molar-refractivity contribution is 0.144. The summed E-state index contributed by atoms with van der Waals surface area (Å²) >= 11 is 0. The Bertz CT molecular complexity index is 186. The molecule has 0 amide bonds. The molecule has 0 fully saturated rings. The molecule has 11 heavy (non-hydrogen) atoms. The average molecular weight is 151 g/mol. The fourth-order valence-corrected chi connectivity index (χ4v) is 0.918. The van der Waals surface area contributed by atoms with Crippen LogP contribution in [0.25, 0.3) is 0 Å². The maximum Gasteiger partial charge on any atom is 0.0940 e. The number of ether oxygens (including phenoxy) is 1. The van der Waals surface area contributed by atoms with Crippen molar-refractivity contribution >= 4 is 0 Å². The Morgan fingerprint density at radius 2 is 1.91 bits per heavy atom. The monoisotopic (exact) mass is 151 g/mol. The van der Waals surface area contributed by atoms with Crippen molar-refractivity contribution in [3.8, 4) is 0 Å². The molecule has 1 aromatic carbocycles. The van der Waals surface area contributed by atoms with E-state index in [1.54, 1.807) is 0 Å². The van der Waals surface area contributed by atoms with E-state index in [0.29, 0.717) is 13.3 Å². The topological polar surface area (TPSA) is 35.2 Å². The van der Waals surface area contributed by atoms with Gasteiger partial charge < -0.3 is 10.5 Å². The first-order valence-electron chi connectivity index (χ1n) is 3.75. The van der Waals surface area contributed by atoms with Crippen LogP contribution in [-0.4, -0.2) is 13.3 Å². The highest BCUT2D eigenvalue weighted by molar-refractivity contribution is 5.14. The first-order valence-corrected chi connectivity index (χ1v) is 3.75. The Kier molecular flexibility index (Phi) is 3.65. The minimum atomic E-state index is 0.312. The van der Waals surface area contributed by atoms with Crippen molar-refractivity contribution in [3.05, 3.63) is 35.9 Å². The van der Waals surface area contributed by atoms with Crippen LogP contribution < -0.4 is 5.73 Å². The zero-order valence-electron chi connectivity index (χ0n) is 6.49. The molecule has 0 aliphatic rings. The fourth-order valence-electron chi connectivity index (χ4n) is 0.918. The lowest BCUT2D eigenvalue weighted by atomic mass is 10.2. The highest BCUT2D eigenvalue weighted by Gasteiger charge is 1.89. The third-order valence-electron chi connectivity index (χ3n) is 1.50. The largest absolute Gasteiger partial charge is 0.366 e. The van der Waals surface area contributed by atoms with Crippen molar-refractivity contribution in [1.29, 1.82) is 0 Å². The van der Waals surface area contributed by atoms with E-state index < -0.39 is 0 Å². The van der Waals surface area contributed by atoms with Crippen LogP contribution in [0.3, 0.4) is 0 Å². The van der Waals surface area contributed by atoms with Gasteiger partial charge in [-0.05, 0) is 12.0 Å². The van der Waals surface area contributed by atoms with Crippen LogP contribution >= 0.6 is 0 Å². The maximum absolute atomic E-state index is 5.17. The predicted octanol–water partition coefficient (Wildman–Crippen LogP) is 1.16. The molecule has 0 spiro atoms. The van der Waals surface area contributed by atoms with Gasteiger partial charge in [0.1, 0.15) is 0 Å². The lowest BCUT2D eigenvalue weighted by Gasteiger charge is -2.00. The van der Waals surface area contributed by atoms with Gasteiger partial charge in [0.2, 0.25) is 0 Å². The first-order chi connectivity index (χ1) is 5.43. The van der Waals surface area contributed by atoms with Crippen molar-refractivity contribution in [3.63, 3.8) is 0 Å². The molecule has 0 unspecified atom stereocenters. The standard InChI is InChI=1S/C9H13NO/c10-8-11-7-6-9-4-2-1-3-5-9/h1-5H,6-8,10H2. The molecule has 0 atom stereocenters. The molecule has 1 aromatic rings. The number of hydrogen-bond donors (Lipinski definition) is 1. The molecule has 0 radical (unpaired) electrons. The van der Waals surface area contributed by atoms with Crippen molar-refractivity contribution in [2.75, 3.05) is 13.3 Å². The van der Waals surface area contributed by atoms with E-state index in [0.717, 1.165) is 6.42 Å². The van der Waals surface area contributed by atoms with E-state index >= 15 is 0 Å². The molecule has 0 aliphatic carbocycles. The van der Waals surface area contributed by atoms with Crippen molar-refractivity contribution in [2.24, 2.45) is 5.73 Å². The normalized spacial score (nSPS) is 9.91. The van der Waals surface area contributed by atoms with Gasteiger partial charge in [-0.3, -0.25) is 0 Å². The van der Waals surface area contributed by atoms with Gasteiger partial charge in [-0.1, -0.05) is 30.3 Å². The molecule has 0 saturated heterocycles. The molecule has 2 N–H and O–H groups in total. The summed E-state index contributed by atoms with van der Waals surface area (Å²) in [5, 5.41) is 0. The minimum Gasteiger partial charge on any atom is -0.366 e. The molecular formula is C9H13NO. The molecule has 0 aromatic heterocycles. The van der Waals surface area contributed by atoms with E-state index in [-0.39, 0.29) is 0 Å². The maximum atomic E-state index is 5.17. The highest BCUT2D eigenvalue weighted by atomic mass is 16.5.